The van der Waals surface area contributed by atoms with Crippen LogP contribution >= 0.6 is 11.8 Å². The Kier molecular flexibility index (Phi) is 6.27. The van der Waals surface area contributed by atoms with Gasteiger partial charge in [-0.1, -0.05) is 23.9 Å². The number of benzene rings is 1. The van der Waals surface area contributed by atoms with Gasteiger partial charge in [0.25, 0.3) is 0 Å². The number of hydrogen-bond acceptors (Lipinski definition) is 5. The number of anilines is 1. The van der Waals surface area contributed by atoms with E-state index in [0.29, 0.717) is 31.7 Å². The van der Waals surface area contributed by atoms with Crippen molar-refractivity contribution in [1.82, 2.24) is 14.9 Å². The average molecular weight is 436 g/mol. The molecule has 29 heavy (non-hydrogen) atoms. The molecular weight excluding hydrogens is 418 g/mol. The number of thioether (sulfide) groups is 1. The van der Waals surface area contributed by atoms with Crippen LogP contribution in [0.15, 0.2) is 35.5 Å². The van der Waals surface area contributed by atoms with Crippen molar-refractivity contribution in [2.24, 2.45) is 0 Å². The van der Waals surface area contributed by atoms with E-state index in [1.807, 2.05) is 7.05 Å². The molecule has 1 fully saturated rings. The zero-order valence-electron chi connectivity index (χ0n) is 15.4. The SMILES string of the molecule is CN1CCN(c2cc(C(F)(F)F)nc(SCc3ccc(C(F)(F)F)cc3)n2)CC1. The van der Waals surface area contributed by atoms with Gasteiger partial charge >= 0.3 is 12.4 Å². The van der Waals surface area contributed by atoms with Crippen molar-refractivity contribution < 1.29 is 26.3 Å². The summed E-state index contributed by atoms with van der Waals surface area (Å²) in [6, 6.07) is 5.42. The first kappa shape index (κ1) is 21.7. The Balaban J connectivity index is 1.78. The molecule has 0 aliphatic carbocycles. The van der Waals surface area contributed by atoms with Gasteiger partial charge in [-0.15, -0.1) is 0 Å². The fourth-order valence-corrected chi connectivity index (χ4v) is 3.57. The molecule has 1 saturated heterocycles. The molecule has 2 aromatic rings. The van der Waals surface area contributed by atoms with Gasteiger partial charge < -0.3 is 9.80 Å². The number of nitrogens with zero attached hydrogens (tertiary/aromatic N) is 4. The standard InChI is InChI=1S/C18H18F6N4S/c1-27-6-8-28(9-7-27)15-10-14(18(22,23)24)25-16(26-15)29-11-12-2-4-13(5-3-12)17(19,20)21/h2-5,10H,6-9,11H2,1H3. The van der Waals surface area contributed by atoms with Gasteiger partial charge in [0.1, 0.15) is 5.82 Å². The maximum atomic E-state index is 13.3. The van der Waals surface area contributed by atoms with Crippen molar-refractivity contribution in [2.75, 3.05) is 38.1 Å². The number of halogens is 6. The topological polar surface area (TPSA) is 32.3 Å². The van der Waals surface area contributed by atoms with Crippen LogP contribution in [0, 0.1) is 0 Å². The first-order valence-corrected chi connectivity index (χ1v) is 9.69. The van der Waals surface area contributed by atoms with Gasteiger partial charge in [0.2, 0.25) is 0 Å². The van der Waals surface area contributed by atoms with E-state index in [4.69, 9.17) is 0 Å². The summed E-state index contributed by atoms with van der Waals surface area (Å²) in [4.78, 5) is 11.7. The molecule has 11 heteroatoms. The van der Waals surface area contributed by atoms with Crippen molar-refractivity contribution in [3.05, 3.63) is 47.2 Å². The third-order valence-corrected chi connectivity index (χ3v) is 5.38. The summed E-state index contributed by atoms with van der Waals surface area (Å²) < 4.78 is 77.7. The molecule has 1 aromatic heterocycles. The van der Waals surface area contributed by atoms with E-state index in [0.717, 1.165) is 30.0 Å². The van der Waals surface area contributed by atoms with Crippen molar-refractivity contribution in [3.63, 3.8) is 0 Å². The monoisotopic (exact) mass is 436 g/mol. The maximum absolute atomic E-state index is 13.3. The van der Waals surface area contributed by atoms with E-state index in [1.54, 1.807) is 4.90 Å². The minimum Gasteiger partial charge on any atom is -0.354 e. The van der Waals surface area contributed by atoms with Gasteiger partial charge in [0, 0.05) is 38.0 Å². The Hall–Kier alpha value is -2.01. The molecule has 1 aliphatic rings. The number of likely N-dealkylation sites (N-methyl/N-ethyl adjacent to an activating group) is 1. The number of hydrogen-bond donors (Lipinski definition) is 0. The molecule has 2 heterocycles. The molecule has 3 rings (SSSR count). The summed E-state index contributed by atoms with van der Waals surface area (Å²) in [6.45, 7) is 2.51. The van der Waals surface area contributed by atoms with Crippen LogP contribution in [0.25, 0.3) is 0 Å². The molecule has 0 spiro atoms. The summed E-state index contributed by atoms with van der Waals surface area (Å²) in [5.41, 5.74) is -1.28. The molecule has 4 nitrogen and oxygen atoms in total. The number of piperazine rings is 1. The lowest BCUT2D eigenvalue weighted by atomic mass is 10.1. The van der Waals surface area contributed by atoms with E-state index < -0.39 is 23.6 Å². The number of aromatic nitrogens is 2. The molecule has 0 amide bonds. The Bertz CT molecular complexity index is 830. The Labute approximate surface area is 167 Å². The second kappa shape index (κ2) is 8.39. The zero-order valence-corrected chi connectivity index (χ0v) is 16.2. The molecule has 1 aromatic carbocycles. The average Bonchev–Trinajstić information content (AvgIpc) is 2.66. The van der Waals surface area contributed by atoms with Crippen molar-refractivity contribution >= 4 is 17.6 Å². The normalized spacial score (nSPS) is 16.3. The van der Waals surface area contributed by atoms with Crippen LogP contribution in [-0.2, 0) is 18.1 Å². The lowest BCUT2D eigenvalue weighted by Gasteiger charge is -2.33. The molecule has 1 aliphatic heterocycles. The van der Waals surface area contributed by atoms with Gasteiger partial charge in [0.05, 0.1) is 5.56 Å². The summed E-state index contributed by atoms with van der Waals surface area (Å²) in [6.07, 6.45) is -9.05. The van der Waals surface area contributed by atoms with Crippen LogP contribution in [0.4, 0.5) is 32.2 Å². The quantitative estimate of drug-likeness (QED) is 0.399. The third kappa shape index (κ3) is 5.75. The summed E-state index contributed by atoms with van der Waals surface area (Å²) in [5.74, 6) is 0.358. The van der Waals surface area contributed by atoms with Gasteiger partial charge in [-0.05, 0) is 24.7 Å². The minimum absolute atomic E-state index is 0.0614. The highest BCUT2D eigenvalue weighted by Gasteiger charge is 2.34. The molecule has 0 N–H and O–H groups in total. The fourth-order valence-electron chi connectivity index (χ4n) is 2.76. The zero-order chi connectivity index (χ0) is 21.2. The van der Waals surface area contributed by atoms with E-state index >= 15 is 0 Å². The number of rotatable bonds is 4. The van der Waals surface area contributed by atoms with Crippen LogP contribution in [-0.4, -0.2) is 48.1 Å². The molecule has 0 bridgehead atoms. The molecule has 0 radical (unpaired) electrons. The second-order valence-corrected chi connectivity index (χ2v) is 7.61. The van der Waals surface area contributed by atoms with Gasteiger partial charge in [-0.2, -0.15) is 26.3 Å². The first-order valence-electron chi connectivity index (χ1n) is 8.71. The second-order valence-electron chi connectivity index (χ2n) is 6.67. The van der Waals surface area contributed by atoms with Gasteiger partial charge in [0.15, 0.2) is 10.9 Å². The van der Waals surface area contributed by atoms with Crippen LogP contribution < -0.4 is 4.90 Å². The summed E-state index contributed by atoms with van der Waals surface area (Å²) >= 11 is 0.955. The van der Waals surface area contributed by atoms with E-state index in [1.165, 1.54) is 12.1 Å². The Morgan fingerprint density at radius 3 is 2.07 bits per heavy atom. The van der Waals surface area contributed by atoms with Crippen molar-refractivity contribution in [3.8, 4) is 0 Å². The van der Waals surface area contributed by atoms with Crippen LogP contribution in [0.3, 0.4) is 0 Å². The fraction of sp³-hybridized carbons (Fsp3) is 0.444. The highest BCUT2D eigenvalue weighted by atomic mass is 32.2. The molecule has 0 saturated carbocycles. The lowest BCUT2D eigenvalue weighted by molar-refractivity contribution is -0.141. The van der Waals surface area contributed by atoms with Gasteiger partial charge in [-0.3, -0.25) is 0 Å². The van der Waals surface area contributed by atoms with Crippen LogP contribution in [0.1, 0.15) is 16.8 Å². The van der Waals surface area contributed by atoms with Gasteiger partial charge in [-0.25, -0.2) is 9.97 Å². The molecule has 158 valence electrons. The molecule has 0 atom stereocenters. The van der Waals surface area contributed by atoms with Crippen LogP contribution in [0.2, 0.25) is 0 Å². The van der Waals surface area contributed by atoms with E-state index in [9.17, 15) is 26.3 Å². The Morgan fingerprint density at radius 2 is 1.52 bits per heavy atom. The minimum atomic E-state index is -4.62. The van der Waals surface area contributed by atoms with E-state index in [-0.39, 0.29) is 16.7 Å². The predicted molar refractivity (Wildman–Crippen MR) is 97.7 cm³/mol. The molecule has 0 unspecified atom stereocenters. The first-order chi connectivity index (χ1) is 13.5. The highest BCUT2D eigenvalue weighted by molar-refractivity contribution is 7.98. The lowest BCUT2D eigenvalue weighted by Crippen LogP contribution is -2.45. The summed E-state index contributed by atoms with van der Waals surface area (Å²) in [5, 5.41) is -0.0614. The number of alkyl halides is 6. The summed E-state index contributed by atoms with van der Waals surface area (Å²) in [7, 11) is 1.93. The maximum Gasteiger partial charge on any atom is 0.433 e. The van der Waals surface area contributed by atoms with Crippen molar-refractivity contribution in [1.29, 1.82) is 0 Å². The van der Waals surface area contributed by atoms with Crippen LogP contribution in [0.5, 0.6) is 0 Å². The largest absolute Gasteiger partial charge is 0.433 e. The highest BCUT2D eigenvalue weighted by Crippen LogP contribution is 2.33. The third-order valence-electron chi connectivity index (χ3n) is 4.46. The van der Waals surface area contributed by atoms with E-state index in [2.05, 4.69) is 14.9 Å². The smallest absolute Gasteiger partial charge is 0.354 e. The predicted octanol–water partition coefficient (Wildman–Crippen LogP) is 4.56. The van der Waals surface area contributed by atoms with Crippen molar-refractivity contribution in [2.45, 2.75) is 23.3 Å². The Morgan fingerprint density at radius 1 is 0.897 bits per heavy atom. The molecular formula is C18H18F6N4S.